The third kappa shape index (κ3) is 2.11. The van der Waals surface area contributed by atoms with Gasteiger partial charge in [0.1, 0.15) is 5.82 Å². The summed E-state index contributed by atoms with van der Waals surface area (Å²) in [6.07, 6.45) is 4.04. The van der Waals surface area contributed by atoms with Gasteiger partial charge in [-0.1, -0.05) is 24.3 Å². The van der Waals surface area contributed by atoms with Gasteiger partial charge in [0, 0.05) is 24.7 Å². The highest BCUT2D eigenvalue weighted by molar-refractivity contribution is 6.08. The summed E-state index contributed by atoms with van der Waals surface area (Å²) in [5.41, 5.74) is 6.51. The molecule has 1 aliphatic carbocycles. The van der Waals surface area contributed by atoms with Gasteiger partial charge in [0.25, 0.3) is 5.91 Å². The molecular formula is C16H19N3O. The van der Waals surface area contributed by atoms with Crippen LogP contribution in [0.5, 0.6) is 0 Å². The predicted octanol–water partition coefficient (Wildman–Crippen LogP) is 2.69. The summed E-state index contributed by atoms with van der Waals surface area (Å²) in [4.78, 5) is 18.7. The van der Waals surface area contributed by atoms with Crippen molar-refractivity contribution < 1.29 is 4.79 Å². The molecule has 4 nitrogen and oxygen atoms in total. The molecule has 0 bridgehead atoms. The zero-order valence-electron chi connectivity index (χ0n) is 11.8. The summed E-state index contributed by atoms with van der Waals surface area (Å²) in [6, 6.07) is 7.93. The summed E-state index contributed by atoms with van der Waals surface area (Å²) in [5, 5.41) is 1.71. The number of carbonyl (C=O) groups excluding carboxylic acids is 1. The fraction of sp³-hybridized carbons (Fsp3) is 0.375. The molecule has 20 heavy (non-hydrogen) atoms. The molecule has 3 rings (SSSR count). The molecule has 0 radical (unpaired) electrons. The number of carbonyl (C=O) groups is 1. The molecule has 0 saturated heterocycles. The highest BCUT2D eigenvalue weighted by Gasteiger charge is 2.33. The number of hydrogen-bond acceptors (Lipinski definition) is 3. The van der Waals surface area contributed by atoms with Crippen LogP contribution in [-0.4, -0.2) is 28.9 Å². The van der Waals surface area contributed by atoms with Gasteiger partial charge in [-0.3, -0.25) is 4.79 Å². The van der Waals surface area contributed by atoms with Gasteiger partial charge in [-0.05, 0) is 31.1 Å². The van der Waals surface area contributed by atoms with Crippen molar-refractivity contribution in [1.29, 1.82) is 0 Å². The van der Waals surface area contributed by atoms with Gasteiger partial charge in [-0.2, -0.15) is 0 Å². The van der Waals surface area contributed by atoms with Gasteiger partial charge in [-0.15, -0.1) is 0 Å². The molecular weight excluding hydrogens is 250 g/mol. The van der Waals surface area contributed by atoms with E-state index in [1.807, 2.05) is 36.2 Å². The summed E-state index contributed by atoms with van der Waals surface area (Å²) in [6.45, 7) is 2.11. The fourth-order valence-corrected chi connectivity index (χ4v) is 2.65. The number of nitrogens with two attached hydrogens (primary N) is 1. The highest BCUT2D eigenvalue weighted by atomic mass is 16.2. The first-order valence-electron chi connectivity index (χ1n) is 7.00. The molecule has 1 heterocycles. The van der Waals surface area contributed by atoms with Crippen LogP contribution in [0.2, 0.25) is 0 Å². The second kappa shape index (κ2) is 4.78. The molecule has 0 aliphatic heterocycles. The number of rotatable bonds is 3. The lowest BCUT2D eigenvalue weighted by Gasteiger charge is -2.25. The number of nitrogens with zero attached hydrogens (tertiary/aromatic N) is 2. The monoisotopic (exact) mass is 269 g/mol. The molecule has 1 aromatic heterocycles. The van der Waals surface area contributed by atoms with Crippen molar-refractivity contribution in [3.05, 3.63) is 36.0 Å². The Morgan fingerprint density at radius 2 is 2.00 bits per heavy atom. The largest absolute Gasteiger partial charge is 0.383 e. The van der Waals surface area contributed by atoms with Crippen LogP contribution in [0, 0.1) is 5.92 Å². The van der Waals surface area contributed by atoms with Crippen LogP contribution in [0.1, 0.15) is 30.1 Å². The number of pyridine rings is 1. The van der Waals surface area contributed by atoms with Gasteiger partial charge < -0.3 is 10.6 Å². The number of anilines is 1. The van der Waals surface area contributed by atoms with Crippen molar-refractivity contribution in [2.24, 2.45) is 5.92 Å². The maximum absolute atomic E-state index is 12.7. The summed E-state index contributed by atoms with van der Waals surface area (Å²) >= 11 is 0. The Balaban J connectivity index is 2.01. The van der Waals surface area contributed by atoms with Crippen molar-refractivity contribution in [2.45, 2.75) is 25.8 Å². The van der Waals surface area contributed by atoms with E-state index in [0.29, 0.717) is 17.3 Å². The zero-order chi connectivity index (χ0) is 14.3. The van der Waals surface area contributed by atoms with E-state index in [4.69, 9.17) is 5.73 Å². The number of benzene rings is 1. The summed E-state index contributed by atoms with van der Waals surface area (Å²) < 4.78 is 0. The Morgan fingerprint density at radius 3 is 2.65 bits per heavy atom. The minimum absolute atomic E-state index is 0.0214. The van der Waals surface area contributed by atoms with Crippen LogP contribution in [0.4, 0.5) is 5.82 Å². The molecule has 1 aliphatic rings. The van der Waals surface area contributed by atoms with E-state index in [1.165, 1.54) is 12.8 Å². The van der Waals surface area contributed by atoms with E-state index in [0.717, 1.165) is 10.8 Å². The molecule has 2 N–H and O–H groups in total. The molecule has 1 atom stereocenters. The van der Waals surface area contributed by atoms with Crippen LogP contribution >= 0.6 is 0 Å². The molecule has 4 heteroatoms. The van der Waals surface area contributed by atoms with Crippen molar-refractivity contribution in [3.63, 3.8) is 0 Å². The third-order valence-corrected chi connectivity index (χ3v) is 4.29. The first-order valence-corrected chi connectivity index (χ1v) is 7.00. The molecule has 0 spiro atoms. The van der Waals surface area contributed by atoms with Crippen molar-refractivity contribution >= 4 is 22.5 Å². The quantitative estimate of drug-likeness (QED) is 0.932. The number of aromatic nitrogens is 1. The zero-order valence-corrected chi connectivity index (χ0v) is 11.8. The smallest absolute Gasteiger partial charge is 0.256 e. The van der Waals surface area contributed by atoms with E-state index in [1.54, 1.807) is 6.20 Å². The summed E-state index contributed by atoms with van der Waals surface area (Å²) in [7, 11) is 1.87. The minimum atomic E-state index is 0.0214. The van der Waals surface area contributed by atoms with Crippen molar-refractivity contribution in [1.82, 2.24) is 9.88 Å². The van der Waals surface area contributed by atoms with E-state index in [-0.39, 0.29) is 11.9 Å². The Morgan fingerprint density at radius 1 is 1.35 bits per heavy atom. The van der Waals surface area contributed by atoms with Crippen molar-refractivity contribution in [3.8, 4) is 0 Å². The number of hydrogen-bond donors (Lipinski definition) is 1. The summed E-state index contributed by atoms with van der Waals surface area (Å²) in [5.74, 6) is 1.14. The number of fused-ring (bicyclic) bond motifs is 1. The molecule has 104 valence electrons. The lowest BCUT2D eigenvalue weighted by atomic mass is 10.0. The normalized spacial score (nSPS) is 16.1. The van der Waals surface area contributed by atoms with Crippen LogP contribution in [-0.2, 0) is 0 Å². The molecule has 1 amide bonds. The standard InChI is InChI=1S/C16H19N3O/c1-10(11-7-8-11)19(2)16(20)14-9-18-15(17)13-6-4-3-5-12(13)14/h3-6,9-11H,7-8H2,1-2H3,(H2,17,18). The second-order valence-electron chi connectivity index (χ2n) is 5.60. The molecule has 1 unspecified atom stereocenters. The lowest BCUT2D eigenvalue weighted by Crippen LogP contribution is -2.36. The average molecular weight is 269 g/mol. The van der Waals surface area contributed by atoms with Crippen LogP contribution in [0.15, 0.2) is 30.5 Å². The lowest BCUT2D eigenvalue weighted by molar-refractivity contribution is 0.0729. The Kier molecular flexibility index (Phi) is 3.08. The molecule has 1 fully saturated rings. The van der Waals surface area contributed by atoms with Crippen LogP contribution < -0.4 is 5.73 Å². The maximum Gasteiger partial charge on any atom is 0.256 e. The van der Waals surface area contributed by atoms with E-state index >= 15 is 0 Å². The molecule has 1 aromatic carbocycles. The first-order chi connectivity index (χ1) is 9.59. The minimum Gasteiger partial charge on any atom is -0.383 e. The predicted molar refractivity (Wildman–Crippen MR) is 80.4 cm³/mol. The van der Waals surface area contributed by atoms with Gasteiger partial charge in [0.15, 0.2) is 0 Å². The Bertz CT molecular complexity index is 664. The van der Waals surface area contributed by atoms with E-state index < -0.39 is 0 Å². The second-order valence-corrected chi connectivity index (χ2v) is 5.60. The number of amides is 1. The van der Waals surface area contributed by atoms with Gasteiger partial charge >= 0.3 is 0 Å². The topological polar surface area (TPSA) is 59.2 Å². The van der Waals surface area contributed by atoms with Crippen LogP contribution in [0.3, 0.4) is 0 Å². The van der Waals surface area contributed by atoms with Gasteiger partial charge in [-0.25, -0.2) is 4.98 Å². The third-order valence-electron chi connectivity index (χ3n) is 4.29. The van der Waals surface area contributed by atoms with Crippen LogP contribution in [0.25, 0.3) is 10.8 Å². The molecule has 2 aromatic rings. The van der Waals surface area contributed by atoms with E-state index in [9.17, 15) is 4.79 Å². The highest BCUT2D eigenvalue weighted by Crippen LogP contribution is 2.35. The number of nitrogen functional groups attached to an aromatic ring is 1. The Hall–Kier alpha value is -2.10. The first kappa shape index (κ1) is 12.9. The maximum atomic E-state index is 12.7. The van der Waals surface area contributed by atoms with Crippen molar-refractivity contribution in [2.75, 3.05) is 12.8 Å². The van der Waals surface area contributed by atoms with Gasteiger partial charge in [0.2, 0.25) is 0 Å². The average Bonchev–Trinajstić information content (AvgIpc) is 3.30. The fourth-order valence-electron chi connectivity index (χ4n) is 2.65. The van der Waals surface area contributed by atoms with Gasteiger partial charge in [0.05, 0.1) is 5.56 Å². The SMILES string of the molecule is CC(C1CC1)N(C)C(=O)c1cnc(N)c2ccccc12. The van der Waals surface area contributed by atoms with E-state index in [2.05, 4.69) is 11.9 Å². The molecule has 1 saturated carbocycles. The Labute approximate surface area is 118 Å².